The summed E-state index contributed by atoms with van der Waals surface area (Å²) < 4.78 is 8.91. The molecule has 55 heavy (non-hydrogen) atoms. The third-order valence-electron chi connectivity index (χ3n) is 11.4. The van der Waals surface area contributed by atoms with Crippen LogP contribution < -0.4 is 15.5 Å². The van der Waals surface area contributed by atoms with Crippen molar-refractivity contribution in [3.05, 3.63) is 180 Å². The van der Waals surface area contributed by atoms with Gasteiger partial charge in [0.15, 0.2) is 0 Å². The van der Waals surface area contributed by atoms with Gasteiger partial charge in [-0.1, -0.05) is 110 Å². The van der Waals surface area contributed by atoms with Gasteiger partial charge in [0.05, 0.1) is 22.4 Å². The largest absolute Gasteiger partial charge is 0.456 e. The Balaban J connectivity index is 1.06. The fourth-order valence-electron chi connectivity index (χ4n) is 8.60. The van der Waals surface area contributed by atoms with Gasteiger partial charge < -0.3 is 13.9 Å². The zero-order valence-corrected chi connectivity index (χ0v) is 30.9. The maximum absolute atomic E-state index is 6.54. The number of furan rings is 1. The Morgan fingerprint density at radius 3 is 2.38 bits per heavy atom. The number of fused-ring (bicyclic) bond motifs is 6. The van der Waals surface area contributed by atoms with Crippen LogP contribution in [0.5, 0.6) is 0 Å². The van der Waals surface area contributed by atoms with Crippen LogP contribution in [-0.4, -0.2) is 17.8 Å². The summed E-state index contributed by atoms with van der Waals surface area (Å²) in [6, 6.07) is 50.0. The second kappa shape index (κ2) is 13.6. The zero-order chi connectivity index (χ0) is 36.9. The number of hydrogen-bond donors (Lipinski definition) is 0. The summed E-state index contributed by atoms with van der Waals surface area (Å²) in [5.74, 6) is 0.778. The van der Waals surface area contributed by atoms with Crippen molar-refractivity contribution < 1.29 is 4.42 Å². The fraction of sp³-hybridized carbons (Fsp3) is 0.118. The van der Waals surface area contributed by atoms with Crippen molar-refractivity contribution in [2.24, 2.45) is 10.9 Å². The average Bonchev–Trinajstić information content (AvgIpc) is 3.79. The minimum atomic E-state index is 0.211. The van der Waals surface area contributed by atoms with Crippen molar-refractivity contribution in [3.8, 4) is 16.8 Å². The molecular weight excluding hydrogens is 671 g/mol. The summed E-state index contributed by atoms with van der Waals surface area (Å²) in [5.41, 5.74) is 13.3. The Morgan fingerprint density at radius 1 is 0.764 bits per heavy atom. The molecule has 4 nitrogen and oxygen atoms in total. The third-order valence-corrected chi connectivity index (χ3v) is 11.4. The summed E-state index contributed by atoms with van der Waals surface area (Å²) in [7, 11) is 0. The van der Waals surface area contributed by atoms with Gasteiger partial charge >= 0.3 is 0 Å². The Morgan fingerprint density at radius 2 is 1.56 bits per heavy atom. The first-order valence-electron chi connectivity index (χ1n) is 19.3. The van der Waals surface area contributed by atoms with Crippen molar-refractivity contribution in [1.82, 2.24) is 4.57 Å². The lowest BCUT2D eigenvalue weighted by molar-refractivity contribution is 0.570. The lowest BCUT2D eigenvalue weighted by Gasteiger charge is -2.28. The quantitative estimate of drug-likeness (QED) is 0.147. The number of nitrogens with zero attached hydrogens (tertiary/aromatic N) is 3. The predicted octanol–water partition coefficient (Wildman–Crippen LogP) is 11.9. The molecule has 0 N–H and O–H groups in total. The lowest BCUT2D eigenvalue weighted by atomic mass is 9.89. The van der Waals surface area contributed by atoms with Crippen LogP contribution in [0.2, 0.25) is 0 Å². The topological polar surface area (TPSA) is 33.7 Å². The lowest BCUT2D eigenvalue weighted by Crippen LogP contribution is -2.25. The summed E-state index contributed by atoms with van der Waals surface area (Å²) in [6.07, 6.45) is 13.6. The van der Waals surface area contributed by atoms with E-state index < -0.39 is 0 Å². The smallest absolute Gasteiger partial charge is 0.136 e. The third kappa shape index (κ3) is 5.82. The molecule has 0 saturated carbocycles. The zero-order valence-electron chi connectivity index (χ0n) is 30.9. The van der Waals surface area contributed by atoms with E-state index in [2.05, 4.69) is 198 Å². The number of aromatic nitrogens is 1. The van der Waals surface area contributed by atoms with Crippen LogP contribution >= 0.6 is 0 Å². The van der Waals surface area contributed by atoms with Gasteiger partial charge in [0.25, 0.3) is 0 Å². The van der Waals surface area contributed by atoms with Crippen molar-refractivity contribution >= 4 is 68.7 Å². The molecule has 0 saturated heterocycles. The highest BCUT2D eigenvalue weighted by Gasteiger charge is 2.21. The van der Waals surface area contributed by atoms with Crippen molar-refractivity contribution in [1.29, 1.82) is 0 Å². The number of rotatable bonds is 8. The predicted molar refractivity (Wildman–Crippen MR) is 232 cm³/mol. The molecule has 0 fully saturated rings. The van der Waals surface area contributed by atoms with Gasteiger partial charge in [-0.15, -0.1) is 0 Å². The van der Waals surface area contributed by atoms with E-state index in [1.807, 2.05) is 0 Å². The van der Waals surface area contributed by atoms with Crippen LogP contribution in [0.3, 0.4) is 0 Å². The fourth-order valence-corrected chi connectivity index (χ4v) is 8.60. The second-order valence-corrected chi connectivity index (χ2v) is 14.9. The number of aliphatic imine (C=N–C) groups is 1. The van der Waals surface area contributed by atoms with E-state index in [1.54, 1.807) is 0 Å². The van der Waals surface area contributed by atoms with Gasteiger partial charge in [-0.25, -0.2) is 0 Å². The minimum Gasteiger partial charge on any atom is -0.456 e. The normalized spacial score (nSPS) is 16.4. The number of para-hydroxylation sites is 3. The molecule has 10 rings (SSSR count). The average molecular weight is 712 g/mol. The first-order valence-corrected chi connectivity index (χ1v) is 19.3. The molecule has 0 spiro atoms. The molecule has 2 aliphatic rings. The molecule has 2 unspecified atom stereocenters. The highest BCUT2D eigenvalue weighted by Crippen LogP contribution is 2.40. The molecule has 4 heteroatoms. The molecule has 266 valence electrons. The molecule has 0 aliphatic heterocycles. The van der Waals surface area contributed by atoms with Gasteiger partial charge in [0.2, 0.25) is 0 Å². The molecule has 0 amide bonds. The van der Waals surface area contributed by atoms with Gasteiger partial charge in [-0.2, -0.15) is 0 Å². The van der Waals surface area contributed by atoms with E-state index in [0.29, 0.717) is 5.92 Å². The standard InChI is InChI=1S/C51H41N3O/c1-34-20-22-35(23-21-34)33-53(39-12-5-3-6-13-39)48-28-25-38(32-45(48)52-2)41-17-11-19-50-51(41)44-31-37(26-29-49(44)55-50)36-24-27-47-43(30-36)42-16-9-10-18-46(42)54(47)40-14-7-4-8-15-40/h3-20,22-25,27-32,34,37H,2,21,26,33H2,1H3. The Labute approximate surface area is 321 Å². The van der Waals surface area contributed by atoms with Crippen LogP contribution in [0.1, 0.15) is 31.2 Å². The Kier molecular flexibility index (Phi) is 8.18. The molecule has 2 heterocycles. The van der Waals surface area contributed by atoms with Gasteiger partial charge in [0.1, 0.15) is 11.0 Å². The summed E-state index contributed by atoms with van der Waals surface area (Å²) >= 11 is 0. The maximum atomic E-state index is 6.54. The highest BCUT2D eigenvalue weighted by atomic mass is 16.3. The second-order valence-electron chi connectivity index (χ2n) is 14.9. The molecule has 0 bridgehead atoms. The molecule has 2 atom stereocenters. The minimum absolute atomic E-state index is 0.211. The van der Waals surface area contributed by atoms with E-state index >= 15 is 0 Å². The maximum Gasteiger partial charge on any atom is 0.136 e. The summed E-state index contributed by atoms with van der Waals surface area (Å²) in [5, 5.41) is 4.83. The van der Waals surface area contributed by atoms with Gasteiger partial charge in [-0.3, -0.25) is 4.99 Å². The number of hydrogen-bond acceptors (Lipinski definition) is 3. The van der Waals surface area contributed by atoms with Crippen LogP contribution in [-0.2, 0) is 0 Å². The van der Waals surface area contributed by atoms with Crippen LogP contribution in [0.25, 0.3) is 61.7 Å². The van der Waals surface area contributed by atoms with Gasteiger partial charge in [0, 0.05) is 45.2 Å². The van der Waals surface area contributed by atoms with Crippen molar-refractivity contribution in [3.63, 3.8) is 0 Å². The Bertz CT molecular complexity index is 2950. The summed E-state index contributed by atoms with van der Waals surface area (Å²) in [4.78, 5) is 6.96. The van der Waals surface area contributed by atoms with Crippen LogP contribution in [0, 0.1) is 5.92 Å². The van der Waals surface area contributed by atoms with Crippen LogP contribution in [0.15, 0.2) is 173 Å². The van der Waals surface area contributed by atoms with Crippen LogP contribution in [0.4, 0.5) is 17.1 Å². The highest BCUT2D eigenvalue weighted by molar-refractivity contribution is 6.09. The van der Waals surface area contributed by atoms with E-state index in [0.717, 1.165) is 69.2 Å². The van der Waals surface area contributed by atoms with E-state index in [-0.39, 0.29) is 5.92 Å². The number of anilines is 2. The molecule has 2 aromatic heterocycles. The van der Waals surface area contributed by atoms with Crippen molar-refractivity contribution in [2.45, 2.75) is 25.7 Å². The number of allylic oxidation sites excluding steroid dienone is 2. The van der Waals surface area contributed by atoms with Gasteiger partial charge in [-0.05, 0) is 114 Å². The first kappa shape index (κ1) is 33.0. The SMILES string of the molecule is C=Nc1cc(-c2cccc3oc4c(c23)=CC(c2ccc3c(c2)c2ccccc2n3-c2ccccc2)CC=4)ccc1N(CC1=CCC(C)C=C1)c1ccccc1. The van der Waals surface area contributed by atoms with E-state index in [4.69, 9.17) is 4.42 Å². The molecule has 6 aromatic carbocycles. The van der Waals surface area contributed by atoms with Crippen molar-refractivity contribution in [2.75, 3.05) is 11.4 Å². The van der Waals surface area contributed by atoms with E-state index in [9.17, 15) is 0 Å². The van der Waals surface area contributed by atoms with E-state index in [1.165, 1.54) is 38.6 Å². The monoisotopic (exact) mass is 711 g/mol. The first-order chi connectivity index (χ1) is 27.1. The Hall–Kier alpha value is -6.65. The number of benzene rings is 6. The molecule has 2 aliphatic carbocycles. The summed E-state index contributed by atoms with van der Waals surface area (Å²) in [6.45, 7) is 7.06. The molecule has 8 aromatic rings. The molecular formula is C51H41N3O. The molecule has 0 radical (unpaired) electrons.